The number of nitrogens with zero attached hydrogens (tertiary/aromatic N) is 6. The van der Waals surface area contributed by atoms with Gasteiger partial charge in [0.2, 0.25) is 5.82 Å². The standard InChI is InChI=1S/C25H20Cl2N6O3S/c26-15-5-6-19(27)17(11-15)18-12-25(36-20-4-2-1-3-16(18)20)7-9-32(10-8-25)24-28-13-21(37-24)23-29-31-33(30-23)14-22(34)35/h1-6,11-13H,7-10,14H2,(H,34,35). The van der Waals surface area contributed by atoms with Crippen LogP contribution in [0.25, 0.3) is 16.3 Å². The number of aliphatic carboxylic acids is 1. The number of benzene rings is 2. The highest BCUT2D eigenvalue weighted by molar-refractivity contribution is 7.18. The van der Waals surface area contributed by atoms with Gasteiger partial charge >= 0.3 is 5.97 Å². The first kappa shape index (κ1) is 23.9. The highest BCUT2D eigenvalue weighted by atomic mass is 35.5. The highest BCUT2D eigenvalue weighted by Gasteiger charge is 2.40. The van der Waals surface area contributed by atoms with Crippen molar-refractivity contribution in [3.63, 3.8) is 0 Å². The zero-order valence-corrected chi connectivity index (χ0v) is 21.7. The van der Waals surface area contributed by atoms with Crippen LogP contribution < -0.4 is 9.64 Å². The normalized spacial score (nSPS) is 16.3. The molecule has 0 bridgehead atoms. The molecule has 2 aliphatic rings. The average molecular weight is 555 g/mol. The Labute approximate surface area is 225 Å². The van der Waals surface area contributed by atoms with Crippen LogP contribution >= 0.6 is 34.5 Å². The molecule has 4 heterocycles. The molecular formula is C25H20Cl2N6O3S. The number of para-hydroxylation sites is 1. The first-order chi connectivity index (χ1) is 17.9. The Morgan fingerprint density at radius 2 is 1.95 bits per heavy atom. The fourth-order valence-electron chi connectivity index (χ4n) is 4.66. The van der Waals surface area contributed by atoms with E-state index in [1.54, 1.807) is 12.3 Å². The fourth-order valence-corrected chi connectivity index (χ4v) is 5.94. The van der Waals surface area contributed by atoms with Crippen molar-refractivity contribution >= 4 is 51.2 Å². The predicted octanol–water partition coefficient (Wildman–Crippen LogP) is 5.05. The molecule has 0 saturated carbocycles. The smallest absolute Gasteiger partial charge is 0.327 e. The monoisotopic (exact) mass is 554 g/mol. The topological polar surface area (TPSA) is 106 Å². The quantitative estimate of drug-likeness (QED) is 0.365. The lowest BCUT2D eigenvalue weighted by molar-refractivity contribution is -0.138. The summed E-state index contributed by atoms with van der Waals surface area (Å²) < 4.78 is 6.60. The van der Waals surface area contributed by atoms with Crippen LogP contribution in [0.15, 0.2) is 54.7 Å². The molecular weight excluding hydrogens is 535 g/mol. The lowest BCUT2D eigenvalue weighted by Gasteiger charge is -2.43. The number of hydrogen-bond acceptors (Lipinski definition) is 8. The number of halogens is 2. The second kappa shape index (κ2) is 9.44. The van der Waals surface area contributed by atoms with Gasteiger partial charge in [-0.2, -0.15) is 4.80 Å². The van der Waals surface area contributed by atoms with Crippen LogP contribution in [-0.4, -0.2) is 55.0 Å². The number of tetrazole rings is 1. The Bertz CT molecular complexity index is 1530. The molecule has 4 aromatic rings. The second-order valence-corrected chi connectivity index (χ2v) is 10.7. The third kappa shape index (κ3) is 4.68. The van der Waals surface area contributed by atoms with Crippen molar-refractivity contribution in [2.24, 2.45) is 0 Å². The van der Waals surface area contributed by atoms with Gasteiger partial charge in [-0.1, -0.05) is 52.7 Å². The molecule has 0 amide bonds. The van der Waals surface area contributed by atoms with Gasteiger partial charge in [0, 0.05) is 47.1 Å². The summed E-state index contributed by atoms with van der Waals surface area (Å²) in [6, 6.07) is 13.5. The number of carboxylic acids is 1. The summed E-state index contributed by atoms with van der Waals surface area (Å²) in [5, 5.41) is 22.9. The van der Waals surface area contributed by atoms with Gasteiger partial charge in [0.25, 0.3) is 0 Å². The van der Waals surface area contributed by atoms with E-state index in [9.17, 15) is 4.79 Å². The minimum absolute atomic E-state index is 0.341. The first-order valence-corrected chi connectivity index (χ1v) is 13.1. The third-order valence-electron chi connectivity index (χ3n) is 6.44. The highest BCUT2D eigenvalue weighted by Crippen LogP contribution is 2.45. The maximum Gasteiger partial charge on any atom is 0.327 e. The Kier molecular flexibility index (Phi) is 6.10. The molecule has 0 aliphatic carbocycles. The zero-order chi connectivity index (χ0) is 25.6. The number of thiazole rings is 1. The Morgan fingerprint density at radius 3 is 2.76 bits per heavy atom. The minimum atomic E-state index is -1.03. The van der Waals surface area contributed by atoms with Crippen molar-refractivity contribution in [1.82, 2.24) is 25.2 Å². The van der Waals surface area contributed by atoms with E-state index in [4.69, 9.17) is 33.0 Å². The van der Waals surface area contributed by atoms with Crippen molar-refractivity contribution in [1.29, 1.82) is 0 Å². The molecule has 188 valence electrons. The summed E-state index contributed by atoms with van der Waals surface area (Å²) in [7, 11) is 0. The molecule has 2 aromatic heterocycles. The summed E-state index contributed by atoms with van der Waals surface area (Å²) in [5.74, 6) is 0.159. The fraction of sp³-hybridized carbons (Fsp3) is 0.240. The average Bonchev–Trinajstić information content (AvgIpc) is 3.55. The second-order valence-electron chi connectivity index (χ2n) is 8.88. The van der Waals surface area contributed by atoms with Gasteiger partial charge in [0.15, 0.2) is 11.7 Å². The maximum atomic E-state index is 10.9. The van der Waals surface area contributed by atoms with Crippen LogP contribution in [0.3, 0.4) is 0 Å². The molecule has 37 heavy (non-hydrogen) atoms. The molecule has 1 spiro atoms. The largest absolute Gasteiger partial charge is 0.482 e. The van der Waals surface area contributed by atoms with Gasteiger partial charge in [-0.15, -0.1) is 10.2 Å². The molecule has 0 unspecified atom stereocenters. The summed E-state index contributed by atoms with van der Waals surface area (Å²) in [5.41, 5.74) is 2.43. The van der Waals surface area contributed by atoms with Crippen LogP contribution in [0.5, 0.6) is 5.75 Å². The molecule has 2 aliphatic heterocycles. The van der Waals surface area contributed by atoms with Crippen LogP contribution in [0.1, 0.15) is 24.0 Å². The Balaban J connectivity index is 1.24. The van der Waals surface area contributed by atoms with Gasteiger partial charge in [0.1, 0.15) is 11.4 Å². The summed E-state index contributed by atoms with van der Waals surface area (Å²) in [4.78, 5) is 19.4. The predicted molar refractivity (Wildman–Crippen MR) is 141 cm³/mol. The Morgan fingerprint density at radius 1 is 1.14 bits per heavy atom. The molecule has 2 aromatic carbocycles. The van der Waals surface area contributed by atoms with Crippen LogP contribution in [-0.2, 0) is 11.3 Å². The number of ether oxygens (including phenoxy) is 1. The summed E-state index contributed by atoms with van der Waals surface area (Å²) in [6.45, 7) is 1.13. The number of carboxylic acid groups (broad SMARTS) is 1. The van der Waals surface area contributed by atoms with Crippen molar-refractivity contribution < 1.29 is 14.6 Å². The van der Waals surface area contributed by atoms with Crippen molar-refractivity contribution in [3.8, 4) is 16.5 Å². The number of carbonyl (C=O) groups is 1. The third-order valence-corrected chi connectivity index (χ3v) is 8.06. The van der Waals surface area contributed by atoms with Crippen molar-refractivity contribution in [2.75, 3.05) is 18.0 Å². The number of piperidine rings is 1. The molecule has 12 heteroatoms. The van der Waals surface area contributed by atoms with Crippen molar-refractivity contribution in [2.45, 2.75) is 25.0 Å². The van der Waals surface area contributed by atoms with E-state index >= 15 is 0 Å². The molecule has 0 radical (unpaired) electrons. The van der Waals surface area contributed by atoms with E-state index in [-0.39, 0.29) is 6.54 Å². The lowest BCUT2D eigenvalue weighted by atomic mass is 9.83. The van der Waals surface area contributed by atoms with E-state index in [1.807, 2.05) is 36.4 Å². The van der Waals surface area contributed by atoms with Gasteiger partial charge in [-0.3, -0.25) is 4.79 Å². The van der Waals surface area contributed by atoms with Gasteiger partial charge in [0.05, 0.1) is 11.1 Å². The summed E-state index contributed by atoms with van der Waals surface area (Å²) >= 11 is 14.4. The van der Waals surface area contributed by atoms with Crippen LogP contribution in [0.2, 0.25) is 10.0 Å². The maximum absolute atomic E-state index is 10.9. The minimum Gasteiger partial charge on any atom is -0.482 e. The number of aromatic nitrogens is 5. The summed E-state index contributed by atoms with van der Waals surface area (Å²) in [6.07, 6.45) is 5.40. The van der Waals surface area contributed by atoms with Crippen molar-refractivity contribution in [3.05, 3.63) is 75.9 Å². The molecule has 0 atom stereocenters. The van der Waals surface area contributed by atoms with Gasteiger partial charge < -0.3 is 14.7 Å². The number of fused-ring (bicyclic) bond motifs is 1. The van der Waals surface area contributed by atoms with E-state index in [1.165, 1.54) is 11.3 Å². The molecule has 1 fully saturated rings. The lowest BCUT2D eigenvalue weighted by Crippen LogP contribution is -2.48. The molecule has 1 N–H and O–H groups in total. The van der Waals surface area contributed by atoms with Crippen LogP contribution in [0.4, 0.5) is 5.13 Å². The van der Waals surface area contributed by atoms with E-state index in [0.29, 0.717) is 15.9 Å². The van der Waals surface area contributed by atoms with Gasteiger partial charge in [-0.25, -0.2) is 4.98 Å². The number of hydrogen-bond donors (Lipinski definition) is 1. The molecule has 6 rings (SSSR count). The number of rotatable bonds is 5. The number of anilines is 1. The van der Waals surface area contributed by atoms with E-state index in [0.717, 1.165) is 63.2 Å². The van der Waals surface area contributed by atoms with E-state index < -0.39 is 11.6 Å². The SMILES string of the molecule is O=C(O)Cn1nnc(-c2cnc(N3CCC4(C=C(c5cc(Cl)ccc5Cl)c5ccccc5O4)CC3)s2)n1. The van der Waals surface area contributed by atoms with Crippen LogP contribution in [0, 0.1) is 0 Å². The van der Waals surface area contributed by atoms with E-state index in [2.05, 4.69) is 31.4 Å². The molecule has 9 nitrogen and oxygen atoms in total. The van der Waals surface area contributed by atoms with Gasteiger partial charge in [-0.05, 0) is 41.1 Å². The Hall–Kier alpha value is -3.47. The first-order valence-electron chi connectivity index (χ1n) is 11.6. The zero-order valence-electron chi connectivity index (χ0n) is 19.3. The molecule has 1 saturated heterocycles.